The van der Waals surface area contributed by atoms with Crippen molar-refractivity contribution in [2.45, 2.75) is 44.9 Å². The Labute approximate surface area is 135 Å². The number of carbonyl (C=O) groups is 1. The summed E-state index contributed by atoms with van der Waals surface area (Å²) in [5.74, 6) is 1.55. The Kier molecular flexibility index (Phi) is 2.98. The molecule has 23 heavy (non-hydrogen) atoms. The second kappa shape index (κ2) is 4.72. The maximum atomic E-state index is 12.1. The molecule has 7 nitrogen and oxygen atoms in total. The largest absolute Gasteiger partial charge is 0.299 e. The summed E-state index contributed by atoms with van der Waals surface area (Å²) < 4.78 is 1.89. The number of rotatable bonds is 1. The smallest absolute Gasteiger partial charge is 0.223 e. The highest BCUT2D eigenvalue weighted by Crippen LogP contribution is 2.51. The van der Waals surface area contributed by atoms with E-state index in [2.05, 4.69) is 29.3 Å². The fourth-order valence-corrected chi connectivity index (χ4v) is 4.66. The molecule has 4 rings (SSSR count). The summed E-state index contributed by atoms with van der Waals surface area (Å²) in [5.41, 5.74) is 3.32. The number of aromatic nitrogens is 6. The molecular weight excluding hydrogens is 292 g/mol. The van der Waals surface area contributed by atoms with Crippen molar-refractivity contribution in [3.63, 3.8) is 0 Å². The molecular formula is C16H22N6O. The standard InChI is InChI=1S/C16H22N6O/c1-9-11-6-5-10-13(15-17-20-22(4)19-15)21(3)18-14(10)16(11,2)8-7-12(9)23/h9,11H,5-8H2,1-4H3/t9-,11-,16?/m0/s1. The van der Waals surface area contributed by atoms with E-state index in [-0.39, 0.29) is 11.3 Å². The second-order valence-electron chi connectivity index (χ2n) is 7.22. The molecule has 0 spiro atoms. The van der Waals surface area contributed by atoms with Gasteiger partial charge in [-0.2, -0.15) is 9.90 Å². The summed E-state index contributed by atoms with van der Waals surface area (Å²) in [7, 11) is 3.71. The van der Waals surface area contributed by atoms with Crippen molar-refractivity contribution < 1.29 is 4.79 Å². The van der Waals surface area contributed by atoms with Crippen LogP contribution < -0.4 is 0 Å². The predicted molar refractivity (Wildman–Crippen MR) is 83.6 cm³/mol. The van der Waals surface area contributed by atoms with Crippen LogP contribution in [-0.4, -0.2) is 35.8 Å². The maximum Gasteiger partial charge on any atom is 0.223 e. The van der Waals surface area contributed by atoms with E-state index in [1.807, 2.05) is 11.7 Å². The fraction of sp³-hybridized carbons (Fsp3) is 0.688. The van der Waals surface area contributed by atoms with Gasteiger partial charge in [-0.1, -0.05) is 13.8 Å². The number of tetrazole rings is 1. The lowest BCUT2D eigenvalue weighted by molar-refractivity contribution is -0.128. The van der Waals surface area contributed by atoms with Crippen LogP contribution in [0.1, 0.15) is 44.4 Å². The minimum absolute atomic E-state index is 0.0286. The van der Waals surface area contributed by atoms with Crippen molar-refractivity contribution in [1.82, 2.24) is 30.0 Å². The number of hydrogen-bond acceptors (Lipinski definition) is 5. The third-order valence-electron chi connectivity index (χ3n) is 5.93. The van der Waals surface area contributed by atoms with E-state index >= 15 is 0 Å². The van der Waals surface area contributed by atoms with Crippen LogP contribution in [-0.2, 0) is 30.7 Å². The van der Waals surface area contributed by atoms with Crippen LogP contribution in [0.5, 0.6) is 0 Å². The van der Waals surface area contributed by atoms with Gasteiger partial charge in [0.2, 0.25) is 5.82 Å². The van der Waals surface area contributed by atoms with Crippen molar-refractivity contribution >= 4 is 5.78 Å². The second-order valence-corrected chi connectivity index (χ2v) is 7.22. The molecule has 2 aliphatic carbocycles. The Balaban J connectivity index is 1.85. The number of aryl methyl sites for hydroxylation is 2. The molecule has 1 unspecified atom stereocenters. The SMILES string of the molecule is C[C@@H]1C(=O)CCC2(C)c3nn(C)c(-c4nnn(C)n4)c3CC[C@@H]12. The third kappa shape index (κ3) is 1.91. The fourth-order valence-electron chi connectivity index (χ4n) is 4.66. The molecule has 2 aromatic rings. The molecule has 3 atom stereocenters. The molecule has 0 aromatic carbocycles. The average Bonchev–Trinajstić information content (AvgIpc) is 3.07. The van der Waals surface area contributed by atoms with Crippen molar-refractivity contribution in [2.24, 2.45) is 25.9 Å². The third-order valence-corrected chi connectivity index (χ3v) is 5.93. The van der Waals surface area contributed by atoms with Gasteiger partial charge in [-0.25, -0.2) is 0 Å². The van der Waals surface area contributed by atoms with Crippen LogP contribution in [0.4, 0.5) is 0 Å². The first-order valence-electron chi connectivity index (χ1n) is 8.25. The van der Waals surface area contributed by atoms with E-state index in [0.717, 1.165) is 30.7 Å². The average molecular weight is 314 g/mol. The van der Waals surface area contributed by atoms with E-state index in [1.54, 1.807) is 7.05 Å². The summed E-state index contributed by atoms with van der Waals surface area (Å²) in [6.45, 7) is 4.36. The number of ketones is 1. The number of nitrogens with zero attached hydrogens (tertiary/aromatic N) is 6. The Hall–Kier alpha value is -2.05. The molecule has 0 bridgehead atoms. The van der Waals surface area contributed by atoms with Crippen LogP contribution in [0.3, 0.4) is 0 Å². The Bertz CT molecular complexity index is 791. The number of carbonyl (C=O) groups excluding carboxylic acids is 1. The molecule has 0 N–H and O–H groups in total. The zero-order valence-corrected chi connectivity index (χ0v) is 14.1. The van der Waals surface area contributed by atoms with Gasteiger partial charge < -0.3 is 0 Å². The molecule has 7 heteroatoms. The minimum Gasteiger partial charge on any atom is -0.299 e. The van der Waals surface area contributed by atoms with Crippen LogP contribution in [0, 0.1) is 11.8 Å². The van der Waals surface area contributed by atoms with Gasteiger partial charge in [0.05, 0.1) is 12.7 Å². The first-order valence-corrected chi connectivity index (χ1v) is 8.25. The van der Waals surface area contributed by atoms with Crippen molar-refractivity contribution in [1.29, 1.82) is 0 Å². The lowest BCUT2D eigenvalue weighted by Gasteiger charge is -2.46. The lowest BCUT2D eigenvalue weighted by Crippen LogP contribution is -2.46. The van der Waals surface area contributed by atoms with Crippen LogP contribution in [0.15, 0.2) is 0 Å². The Morgan fingerprint density at radius 1 is 1.22 bits per heavy atom. The van der Waals surface area contributed by atoms with E-state index in [1.165, 1.54) is 10.4 Å². The Morgan fingerprint density at radius 3 is 2.70 bits per heavy atom. The van der Waals surface area contributed by atoms with Crippen LogP contribution >= 0.6 is 0 Å². The lowest BCUT2D eigenvalue weighted by atomic mass is 9.56. The highest BCUT2D eigenvalue weighted by molar-refractivity contribution is 5.82. The molecule has 0 aliphatic heterocycles. The highest BCUT2D eigenvalue weighted by Gasteiger charge is 2.50. The molecule has 1 saturated carbocycles. The van der Waals surface area contributed by atoms with Gasteiger partial charge in [0, 0.05) is 30.4 Å². The molecule has 0 amide bonds. The molecule has 0 radical (unpaired) electrons. The molecule has 2 aromatic heterocycles. The summed E-state index contributed by atoms with van der Waals surface area (Å²) in [5, 5.41) is 17.3. The zero-order chi connectivity index (χ0) is 16.4. The maximum absolute atomic E-state index is 12.1. The number of fused-ring (bicyclic) bond motifs is 3. The highest BCUT2D eigenvalue weighted by atomic mass is 16.1. The van der Waals surface area contributed by atoms with Crippen molar-refractivity contribution in [3.05, 3.63) is 11.3 Å². The van der Waals surface area contributed by atoms with E-state index < -0.39 is 0 Å². The van der Waals surface area contributed by atoms with Gasteiger partial charge in [-0.3, -0.25) is 9.48 Å². The van der Waals surface area contributed by atoms with Crippen molar-refractivity contribution in [3.8, 4) is 11.5 Å². The Morgan fingerprint density at radius 2 is 2.00 bits per heavy atom. The van der Waals surface area contributed by atoms with E-state index in [9.17, 15) is 4.79 Å². The molecule has 2 aliphatic rings. The van der Waals surface area contributed by atoms with Gasteiger partial charge in [0.25, 0.3) is 0 Å². The number of hydrogen-bond donors (Lipinski definition) is 0. The minimum atomic E-state index is -0.0286. The summed E-state index contributed by atoms with van der Waals surface area (Å²) in [6.07, 6.45) is 3.49. The molecule has 122 valence electrons. The van der Waals surface area contributed by atoms with Gasteiger partial charge in [-0.15, -0.1) is 10.2 Å². The topological polar surface area (TPSA) is 78.5 Å². The summed E-state index contributed by atoms with van der Waals surface area (Å²) in [6, 6.07) is 0. The van der Waals surface area contributed by atoms with Gasteiger partial charge in [0.15, 0.2) is 0 Å². The molecule has 1 fully saturated rings. The van der Waals surface area contributed by atoms with Gasteiger partial charge in [-0.05, 0) is 30.4 Å². The van der Waals surface area contributed by atoms with Crippen molar-refractivity contribution in [2.75, 3.05) is 0 Å². The molecule has 2 heterocycles. The van der Waals surface area contributed by atoms with Gasteiger partial charge >= 0.3 is 0 Å². The normalized spacial score (nSPS) is 30.2. The van der Waals surface area contributed by atoms with Gasteiger partial charge in [0.1, 0.15) is 11.5 Å². The monoisotopic (exact) mass is 314 g/mol. The van der Waals surface area contributed by atoms with E-state index in [0.29, 0.717) is 23.9 Å². The quantitative estimate of drug-likeness (QED) is 0.795. The van der Waals surface area contributed by atoms with Crippen LogP contribution in [0.25, 0.3) is 11.5 Å². The molecule has 0 saturated heterocycles. The first kappa shape index (κ1) is 14.5. The first-order chi connectivity index (χ1) is 10.9. The van der Waals surface area contributed by atoms with E-state index in [4.69, 9.17) is 5.10 Å². The zero-order valence-electron chi connectivity index (χ0n) is 14.1. The number of Topliss-reactive ketones (excluding diaryl/α,β-unsaturated/α-hetero) is 1. The summed E-state index contributed by atoms with van der Waals surface area (Å²) >= 11 is 0. The predicted octanol–water partition coefficient (Wildman–Crippen LogP) is 1.43. The summed E-state index contributed by atoms with van der Waals surface area (Å²) in [4.78, 5) is 13.6. The van der Waals surface area contributed by atoms with Crippen LogP contribution in [0.2, 0.25) is 0 Å².